The van der Waals surface area contributed by atoms with Gasteiger partial charge in [0.2, 0.25) is 0 Å². The topological polar surface area (TPSA) is 17.1 Å². The highest BCUT2D eigenvalue weighted by atomic mass is 35.5. The Hall–Kier alpha value is 1.99. The van der Waals surface area contributed by atoms with Gasteiger partial charge in [0.1, 0.15) is 9.67 Å². The van der Waals surface area contributed by atoms with Crippen LogP contribution in [-0.4, -0.2) is 37.5 Å². The van der Waals surface area contributed by atoms with E-state index in [4.69, 9.17) is 92.8 Å². The molecule has 1 nitrogen and oxygen atoms in total. The van der Waals surface area contributed by atoms with Crippen LogP contribution in [0.25, 0.3) is 0 Å². The predicted octanol–water partition coefficient (Wildman–Crippen LogP) is 4.84. The summed E-state index contributed by atoms with van der Waals surface area (Å²) in [5.41, 5.74) is -2.59. The Morgan fingerprint density at radius 2 is 1.53 bits per heavy atom. The molecule has 2 fully saturated rings. The molecule has 0 amide bonds. The fourth-order valence-corrected chi connectivity index (χ4v) is 7.91. The number of carbonyl (C=O) groups excluding carboxylic acids is 1. The number of Topliss-reactive ketones (excluding diaryl/α,β-unsaturated/α-hetero) is 1. The summed E-state index contributed by atoms with van der Waals surface area (Å²) in [6, 6.07) is 0. The van der Waals surface area contributed by atoms with Crippen molar-refractivity contribution in [1.82, 2.24) is 0 Å². The molecule has 5 unspecified atom stereocenters. The third-order valence-corrected chi connectivity index (χ3v) is 7.99. The summed E-state index contributed by atoms with van der Waals surface area (Å²) in [5, 5.41) is -2.32. The highest BCUT2D eigenvalue weighted by Crippen LogP contribution is 2.73. The van der Waals surface area contributed by atoms with Gasteiger partial charge in [-0.3, -0.25) is 4.79 Å². The summed E-state index contributed by atoms with van der Waals surface area (Å²) in [7, 11) is 0. The number of hydrogen-bond acceptors (Lipinski definition) is 1. The molecule has 2 saturated carbocycles. The number of halogens is 8. The van der Waals surface area contributed by atoms with Crippen LogP contribution in [0, 0.1) is 16.7 Å². The first-order chi connectivity index (χ1) is 8.71. The molecule has 0 aromatic carbocycles. The molecule has 0 N–H and O–H groups in total. The zero-order chi connectivity index (χ0) is 14.7. The minimum absolute atomic E-state index is 0.144. The van der Waals surface area contributed by atoms with Crippen molar-refractivity contribution < 1.29 is 4.79 Å². The van der Waals surface area contributed by atoms with Crippen molar-refractivity contribution in [2.75, 3.05) is 5.88 Å². The van der Waals surface area contributed by atoms with Crippen molar-refractivity contribution in [2.24, 2.45) is 16.7 Å². The van der Waals surface area contributed by atoms with Crippen LogP contribution in [0.1, 0.15) is 0 Å². The lowest BCUT2D eigenvalue weighted by atomic mass is 9.69. The zero-order valence-electron chi connectivity index (χ0n) is 9.10. The van der Waals surface area contributed by atoms with Crippen LogP contribution < -0.4 is 0 Å². The van der Waals surface area contributed by atoms with E-state index in [0.29, 0.717) is 0 Å². The van der Waals surface area contributed by atoms with Crippen LogP contribution >= 0.6 is 92.8 Å². The van der Waals surface area contributed by atoms with E-state index < -0.39 is 42.6 Å². The van der Waals surface area contributed by atoms with E-state index in [-0.39, 0.29) is 11.7 Å². The van der Waals surface area contributed by atoms with E-state index in [2.05, 4.69) is 0 Å². The Labute approximate surface area is 151 Å². The van der Waals surface area contributed by atoms with Crippen LogP contribution in [0.15, 0.2) is 0 Å². The van der Waals surface area contributed by atoms with Gasteiger partial charge in [-0.05, 0) is 0 Å². The van der Waals surface area contributed by atoms with Gasteiger partial charge in [0.15, 0.2) is 5.78 Å². The van der Waals surface area contributed by atoms with Gasteiger partial charge in [0, 0.05) is 11.8 Å². The van der Waals surface area contributed by atoms with E-state index in [1.54, 1.807) is 0 Å². The van der Waals surface area contributed by atoms with E-state index in [1.165, 1.54) is 0 Å². The summed E-state index contributed by atoms with van der Waals surface area (Å²) in [6.07, 6.45) is 0. The fourth-order valence-electron chi connectivity index (χ4n) is 3.45. The first-order valence-electron chi connectivity index (χ1n) is 5.30. The zero-order valence-corrected chi connectivity index (χ0v) is 15.2. The Morgan fingerprint density at radius 3 is 1.84 bits per heavy atom. The minimum Gasteiger partial charge on any atom is -0.297 e. The first-order valence-corrected chi connectivity index (χ1v) is 8.89. The fraction of sp³-hybridized carbons (Fsp3) is 0.900. The second-order valence-corrected chi connectivity index (χ2v) is 8.68. The molecule has 5 atom stereocenters. The standard InChI is InChI=1S/C10H8Cl8O/c11-1-9-5(14)3(12)2(4(13)6(9)19)10(9,7(15)16)8(17)18/h2-5,7-8H,1H2. The average molecular weight is 428 g/mol. The maximum absolute atomic E-state index is 12.5. The lowest BCUT2D eigenvalue weighted by molar-refractivity contribution is -0.127. The maximum Gasteiger partial charge on any atom is 0.160 e. The Morgan fingerprint density at radius 1 is 1.05 bits per heavy atom. The molecular formula is C10H8Cl8O. The number of alkyl halides is 8. The lowest BCUT2D eigenvalue weighted by Crippen LogP contribution is -2.54. The minimum atomic E-state index is -1.33. The van der Waals surface area contributed by atoms with Crippen molar-refractivity contribution in [3.63, 3.8) is 0 Å². The van der Waals surface area contributed by atoms with Gasteiger partial charge in [-0.2, -0.15) is 0 Å². The van der Waals surface area contributed by atoms with Crippen LogP contribution in [0.3, 0.4) is 0 Å². The van der Waals surface area contributed by atoms with Gasteiger partial charge in [-0.1, -0.05) is 0 Å². The highest BCUT2D eigenvalue weighted by Gasteiger charge is 2.82. The van der Waals surface area contributed by atoms with E-state index >= 15 is 0 Å². The van der Waals surface area contributed by atoms with E-state index in [0.717, 1.165) is 0 Å². The molecule has 0 aliphatic heterocycles. The Kier molecular flexibility index (Phi) is 5.08. The third-order valence-electron chi connectivity index (χ3n) is 4.36. The van der Waals surface area contributed by atoms with Crippen LogP contribution in [0.5, 0.6) is 0 Å². The molecule has 2 rings (SSSR count). The SMILES string of the molecule is O=C1C(Cl)C2C(Cl)C(Cl)C1(CCl)C2(C(Cl)Cl)C(Cl)Cl. The second-order valence-electron chi connectivity index (χ2n) is 4.78. The van der Waals surface area contributed by atoms with Gasteiger partial charge in [-0.25, -0.2) is 0 Å². The second kappa shape index (κ2) is 5.57. The third kappa shape index (κ3) is 1.80. The van der Waals surface area contributed by atoms with Crippen molar-refractivity contribution in [3.05, 3.63) is 0 Å². The van der Waals surface area contributed by atoms with Gasteiger partial charge in [0.25, 0.3) is 0 Å². The van der Waals surface area contributed by atoms with E-state index in [1.807, 2.05) is 0 Å². The molecule has 2 aliphatic carbocycles. The maximum atomic E-state index is 12.5. The Balaban J connectivity index is 2.76. The van der Waals surface area contributed by atoms with Gasteiger partial charge >= 0.3 is 0 Å². The molecule has 0 aromatic heterocycles. The van der Waals surface area contributed by atoms with Gasteiger partial charge in [-0.15, -0.1) is 92.8 Å². The van der Waals surface area contributed by atoms with E-state index in [9.17, 15) is 4.79 Å². The largest absolute Gasteiger partial charge is 0.297 e. The number of ketones is 1. The first kappa shape index (κ1) is 17.3. The lowest BCUT2D eigenvalue weighted by Gasteiger charge is -2.43. The molecule has 0 heterocycles. The molecule has 0 saturated heterocycles. The quantitative estimate of drug-likeness (QED) is 0.589. The highest BCUT2D eigenvalue weighted by molar-refractivity contribution is 6.51. The monoisotopic (exact) mass is 424 g/mol. The molecule has 0 aromatic rings. The molecule has 19 heavy (non-hydrogen) atoms. The average Bonchev–Trinajstić information content (AvgIpc) is 2.67. The smallest absolute Gasteiger partial charge is 0.160 e. The van der Waals surface area contributed by atoms with Crippen LogP contribution in [-0.2, 0) is 4.79 Å². The summed E-state index contributed by atoms with van der Waals surface area (Å²) in [4.78, 5) is 10.4. The molecular weight excluding hydrogens is 420 g/mol. The number of carbonyl (C=O) groups is 1. The van der Waals surface area contributed by atoms with Crippen molar-refractivity contribution >= 4 is 98.6 Å². The van der Waals surface area contributed by atoms with Crippen molar-refractivity contribution in [1.29, 1.82) is 0 Å². The summed E-state index contributed by atoms with van der Waals surface area (Å²) < 4.78 is 0. The van der Waals surface area contributed by atoms with Crippen LogP contribution in [0.4, 0.5) is 0 Å². The summed E-state index contributed by atoms with van der Waals surface area (Å²) in [5.74, 6) is -1.12. The predicted molar refractivity (Wildman–Crippen MR) is 84.0 cm³/mol. The molecule has 9 heteroatoms. The molecule has 2 bridgehead atoms. The van der Waals surface area contributed by atoms with Crippen molar-refractivity contribution in [2.45, 2.75) is 25.8 Å². The molecule has 110 valence electrons. The van der Waals surface area contributed by atoms with Crippen LogP contribution in [0.2, 0.25) is 0 Å². The van der Waals surface area contributed by atoms with Gasteiger partial charge in [0.05, 0.1) is 27.0 Å². The Bertz CT molecular complexity index is 391. The van der Waals surface area contributed by atoms with Gasteiger partial charge < -0.3 is 0 Å². The molecule has 0 radical (unpaired) electrons. The number of hydrogen-bond donors (Lipinski definition) is 0. The summed E-state index contributed by atoms with van der Waals surface area (Å²) in [6.45, 7) is 0. The molecule has 2 aliphatic rings. The number of fused-ring (bicyclic) bond motifs is 2. The normalized spacial score (nSPS) is 44.6. The summed E-state index contributed by atoms with van der Waals surface area (Å²) >= 11 is 49.2. The number of rotatable bonds is 3. The molecule has 0 spiro atoms. The van der Waals surface area contributed by atoms with Crippen molar-refractivity contribution in [3.8, 4) is 0 Å².